The van der Waals surface area contributed by atoms with E-state index in [4.69, 9.17) is 4.74 Å². The number of nitrogens with one attached hydrogen (secondary N) is 1. The van der Waals surface area contributed by atoms with Gasteiger partial charge in [0.2, 0.25) is 0 Å². The fourth-order valence-corrected chi connectivity index (χ4v) is 3.71. The van der Waals surface area contributed by atoms with Crippen LogP contribution in [0.25, 0.3) is 0 Å². The second-order valence-corrected chi connectivity index (χ2v) is 7.72. The first-order valence-corrected chi connectivity index (χ1v) is 10.8. The molecule has 0 fully saturated rings. The molecule has 176 valence electrons. The van der Waals surface area contributed by atoms with E-state index in [2.05, 4.69) is 15.3 Å². The smallest absolute Gasteiger partial charge is 0.279 e. The number of rotatable bonds is 7. The summed E-state index contributed by atoms with van der Waals surface area (Å²) in [6, 6.07) is 18.5. The quantitative estimate of drug-likeness (QED) is 0.413. The summed E-state index contributed by atoms with van der Waals surface area (Å²) < 4.78 is 18.8. The summed E-state index contributed by atoms with van der Waals surface area (Å²) in [5, 5.41) is 2.81. The highest BCUT2D eigenvalue weighted by Crippen LogP contribution is 2.33. The Labute approximate surface area is 202 Å². The first-order chi connectivity index (χ1) is 17.0. The lowest BCUT2D eigenvalue weighted by Crippen LogP contribution is -2.42. The zero-order valence-electron chi connectivity index (χ0n) is 19.2. The molecule has 0 saturated heterocycles. The molecular weight excluding hydrogens is 447 g/mol. The third-order valence-electron chi connectivity index (χ3n) is 5.43. The van der Waals surface area contributed by atoms with E-state index in [1.54, 1.807) is 36.4 Å². The number of nitrogens with zero attached hydrogens (tertiary/aromatic N) is 3. The van der Waals surface area contributed by atoms with E-state index >= 15 is 0 Å². The summed E-state index contributed by atoms with van der Waals surface area (Å²) in [5.41, 5.74) is 2.33. The molecule has 35 heavy (non-hydrogen) atoms. The van der Waals surface area contributed by atoms with Crippen molar-refractivity contribution < 1.29 is 18.7 Å². The van der Waals surface area contributed by atoms with Gasteiger partial charge in [-0.2, -0.15) is 0 Å². The first kappa shape index (κ1) is 23.6. The van der Waals surface area contributed by atoms with E-state index in [9.17, 15) is 14.0 Å². The van der Waals surface area contributed by atoms with Gasteiger partial charge in [-0.15, -0.1) is 0 Å². The van der Waals surface area contributed by atoms with Crippen molar-refractivity contribution in [1.82, 2.24) is 9.97 Å². The molecule has 7 nitrogen and oxygen atoms in total. The van der Waals surface area contributed by atoms with Crippen LogP contribution >= 0.6 is 0 Å². The molecule has 2 amide bonds. The molecule has 0 aliphatic carbocycles. The number of methoxy groups -OCH3 is 1. The van der Waals surface area contributed by atoms with Crippen LogP contribution in [0, 0.1) is 12.7 Å². The summed E-state index contributed by atoms with van der Waals surface area (Å²) in [4.78, 5) is 37.2. The Hall–Kier alpha value is -4.59. The average molecular weight is 471 g/mol. The van der Waals surface area contributed by atoms with Gasteiger partial charge in [0.1, 0.15) is 23.3 Å². The molecule has 0 saturated carbocycles. The van der Waals surface area contributed by atoms with Crippen LogP contribution < -0.4 is 15.0 Å². The van der Waals surface area contributed by atoms with Crippen LogP contribution in [0.2, 0.25) is 0 Å². The Balaban J connectivity index is 1.87. The van der Waals surface area contributed by atoms with Crippen LogP contribution in [0.5, 0.6) is 5.75 Å². The topological polar surface area (TPSA) is 84.4 Å². The van der Waals surface area contributed by atoms with E-state index in [1.165, 1.54) is 54.9 Å². The highest BCUT2D eigenvalue weighted by Gasteiger charge is 2.35. The van der Waals surface area contributed by atoms with Gasteiger partial charge in [-0.25, -0.2) is 9.37 Å². The number of hydrogen-bond donors (Lipinski definition) is 1. The number of aryl methyl sites for hydroxylation is 1. The monoisotopic (exact) mass is 470 g/mol. The molecule has 0 aliphatic rings. The Bertz CT molecular complexity index is 1330. The second-order valence-electron chi connectivity index (χ2n) is 7.72. The van der Waals surface area contributed by atoms with Crippen molar-refractivity contribution in [2.45, 2.75) is 13.0 Å². The SMILES string of the molecule is COc1cccc(N(C(=O)c2cnccn2)[C@H](C(=O)Nc2ccc(F)cc2)c2ccccc2C)c1. The van der Waals surface area contributed by atoms with Crippen molar-refractivity contribution in [3.8, 4) is 5.75 Å². The molecule has 0 radical (unpaired) electrons. The fourth-order valence-electron chi connectivity index (χ4n) is 3.71. The summed E-state index contributed by atoms with van der Waals surface area (Å²) in [6.07, 6.45) is 4.23. The lowest BCUT2D eigenvalue weighted by Gasteiger charge is -2.32. The van der Waals surface area contributed by atoms with E-state index in [0.29, 0.717) is 22.7 Å². The van der Waals surface area contributed by atoms with Gasteiger partial charge in [-0.3, -0.25) is 19.5 Å². The van der Waals surface area contributed by atoms with Gasteiger partial charge in [0.25, 0.3) is 11.8 Å². The number of hydrogen-bond acceptors (Lipinski definition) is 5. The molecule has 0 aliphatic heterocycles. The zero-order chi connectivity index (χ0) is 24.8. The number of amides is 2. The van der Waals surface area contributed by atoms with Gasteiger partial charge in [0.15, 0.2) is 0 Å². The van der Waals surface area contributed by atoms with Crippen LogP contribution in [0.15, 0.2) is 91.4 Å². The maximum absolute atomic E-state index is 13.8. The summed E-state index contributed by atoms with van der Waals surface area (Å²) >= 11 is 0. The van der Waals surface area contributed by atoms with E-state index in [1.807, 2.05) is 19.1 Å². The standard InChI is InChI=1S/C27H23FN4O3/c1-18-6-3-4-9-23(18)25(26(33)31-20-12-10-19(28)11-13-20)32(21-7-5-8-22(16-21)35-2)27(34)24-17-29-14-15-30-24/h3-17,25H,1-2H3,(H,31,33)/t25-/m0/s1. The molecule has 0 spiro atoms. The van der Waals surface area contributed by atoms with Gasteiger partial charge < -0.3 is 10.1 Å². The van der Waals surface area contributed by atoms with E-state index < -0.39 is 23.7 Å². The normalized spacial score (nSPS) is 11.4. The largest absolute Gasteiger partial charge is 0.497 e. The van der Waals surface area contributed by atoms with Crippen molar-refractivity contribution in [1.29, 1.82) is 0 Å². The maximum atomic E-state index is 13.8. The van der Waals surface area contributed by atoms with Crippen molar-refractivity contribution in [3.63, 3.8) is 0 Å². The van der Waals surface area contributed by atoms with Gasteiger partial charge in [0, 0.05) is 29.8 Å². The molecular formula is C27H23FN4O3. The number of aromatic nitrogens is 2. The minimum atomic E-state index is -1.08. The number of halogens is 1. The highest BCUT2D eigenvalue weighted by atomic mass is 19.1. The minimum absolute atomic E-state index is 0.0727. The van der Waals surface area contributed by atoms with Crippen LogP contribution in [0.4, 0.5) is 15.8 Å². The van der Waals surface area contributed by atoms with E-state index in [0.717, 1.165) is 5.56 Å². The zero-order valence-corrected chi connectivity index (χ0v) is 19.2. The van der Waals surface area contributed by atoms with Crippen molar-refractivity contribution >= 4 is 23.2 Å². The number of anilines is 2. The number of carbonyl (C=O) groups excluding carboxylic acids is 2. The van der Waals surface area contributed by atoms with Gasteiger partial charge in [-0.1, -0.05) is 30.3 Å². The molecule has 3 aromatic carbocycles. The average Bonchev–Trinajstić information content (AvgIpc) is 2.89. The third kappa shape index (κ3) is 5.33. The van der Waals surface area contributed by atoms with Crippen molar-refractivity contribution in [2.24, 2.45) is 0 Å². The Morgan fingerprint density at radius 3 is 2.46 bits per heavy atom. The van der Waals surface area contributed by atoms with E-state index in [-0.39, 0.29) is 5.69 Å². The Morgan fingerprint density at radius 1 is 1.00 bits per heavy atom. The predicted octanol–water partition coefficient (Wildman–Crippen LogP) is 4.96. The maximum Gasteiger partial charge on any atom is 0.279 e. The lowest BCUT2D eigenvalue weighted by molar-refractivity contribution is -0.117. The summed E-state index contributed by atoms with van der Waals surface area (Å²) in [7, 11) is 1.52. The molecule has 1 N–H and O–H groups in total. The second kappa shape index (κ2) is 10.6. The van der Waals surface area contributed by atoms with Crippen LogP contribution in [0.1, 0.15) is 27.7 Å². The molecule has 0 bridgehead atoms. The molecule has 4 aromatic rings. The lowest BCUT2D eigenvalue weighted by atomic mass is 9.97. The minimum Gasteiger partial charge on any atom is -0.497 e. The molecule has 1 atom stereocenters. The van der Waals surface area contributed by atoms with Crippen LogP contribution in [-0.2, 0) is 4.79 Å². The molecule has 1 heterocycles. The van der Waals surface area contributed by atoms with Gasteiger partial charge in [0.05, 0.1) is 13.3 Å². The van der Waals surface area contributed by atoms with Gasteiger partial charge >= 0.3 is 0 Å². The number of carbonyl (C=O) groups is 2. The van der Waals surface area contributed by atoms with Crippen LogP contribution in [0.3, 0.4) is 0 Å². The highest BCUT2D eigenvalue weighted by molar-refractivity contribution is 6.11. The molecule has 8 heteroatoms. The first-order valence-electron chi connectivity index (χ1n) is 10.8. The molecule has 1 aromatic heterocycles. The Kier molecular flexibility index (Phi) is 7.11. The fraction of sp³-hybridized carbons (Fsp3) is 0.111. The number of benzene rings is 3. The van der Waals surface area contributed by atoms with Crippen molar-refractivity contribution in [2.75, 3.05) is 17.3 Å². The predicted molar refractivity (Wildman–Crippen MR) is 131 cm³/mol. The number of ether oxygens (including phenoxy) is 1. The van der Waals surface area contributed by atoms with Gasteiger partial charge in [-0.05, 0) is 54.4 Å². The Morgan fingerprint density at radius 2 is 1.77 bits per heavy atom. The molecule has 0 unspecified atom stereocenters. The summed E-state index contributed by atoms with van der Waals surface area (Å²) in [5.74, 6) is -0.906. The third-order valence-corrected chi connectivity index (χ3v) is 5.43. The van der Waals surface area contributed by atoms with Crippen LogP contribution in [-0.4, -0.2) is 28.9 Å². The van der Waals surface area contributed by atoms with Crippen molar-refractivity contribution in [3.05, 3.63) is 114 Å². The summed E-state index contributed by atoms with van der Waals surface area (Å²) in [6.45, 7) is 1.87. The molecule has 4 rings (SSSR count).